The number of nitrogens with one attached hydrogen (secondary N) is 1. The summed E-state index contributed by atoms with van der Waals surface area (Å²) in [6, 6.07) is 10.5. The molecule has 3 rings (SSSR count). The van der Waals surface area contributed by atoms with E-state index >= 15 is 0 Å². The Hall–Kier alpha value is -0.570. The average molecular weight is 307 g/mol. The molecule has 0 radical (unpaired) electrons. The molecule has 2 nitrogen and oxygen atoms in total. The van der Waals surface area contributed by atoms with Crippen molar-refractivity contribution in [3.05, 3.63) is 34.9 Å². The van der Waals surface area contributed by atoms with Crippen molar-refractivity contribution in [3.63, 3.8) is 0 Å². The molecular formula is C18H27ClN2. The minimum atomic E-state index is 0.540. The minimum Gasteiger partial charge on any atom is -0.313 e. The molecule has 1 saturated heterocycles. The van der Waals surface area contributed by atoms with E-state index in [-0.39, 0.29) is 0 Å². The Morgan fingerprint density at radius 2 is 1.95 bits per heavy atom. The van der Waals surface area contributed by atoms with E-state index in [0.717, 1.165) is 11.1 Å². The lowest BCUT2D eigenvalue weighted by molar-refractivity contribution is 0.152. The Kier molecular flexibility index (Phi) is 5.20. The second-order valence-electron chi connectivity index (χ2n) is 6.55. The van der Waals surface area contributed by atoms with Crippen LogP contribution < -0.4 is 5.32 Å². The third-order valence-corrected chi connectivity index (χ3v) is 5.15. The summed E-state index contributed by atoms with van der Waals surface area (Å²) in [5.74, 6) is 0. The number of hydrogen-bond acceptors (Lipinski definition) is 2. The van der Waals surface area contributed by atoms with Crippen LogP contribution in [0.4, 0.5) is 0 Å². The maximum atomic E-state index is 6.05. The van der Waals surface area contributed by atoms with Gasteiger partial charge in [-0.3, -0.25) is 4.90 Å². The quantitative estimate of drug-likeness (QED) is 0.838. The SMILES string of the molecule is CCC(c1ccc(Cl)cc1)N(CC1CCCCN1)C1CC1. The summed E-state index contributed by atoms with van der Waals surface area (Å²) in [6.07, 6.45) is 7.97. The molecule has 1 saturated carbocycles. The Labute approximate surface area is 133 Å². The summed E-state index contributed by atoms with van der Waals surface area (Å²) >= 11 is 6.05. The predicted molar refractivity (Wildman–Crippen MR) is 89.9 cm³/mol. The normalized spacial score (nSPS) is 24.2. The first-order chi connectivity index (χ1) is 10.3. The van der Waals surface area contributed by atoms with Gasteiger partial charge < -0.3 is 5.32 Å². The molecule has 2 atom stereocenters. The molecular weight excluding hydrogens is 280 g/mol. The van der Waals surface area contributed by atoms with Crippen molar-refractivity contribution < 1.29 is 0 Å². The second-order valence-corrected chi connectivity index (χ2v) is 6.99. The molecule has 0 spiro atoms. The second kappa shape index (κ2) is 7.13. The number of hydrogen-bond donors (Lipinski definition) is 1. The predicted octanol–water partition coefficient (Wildman–Crippen LogP) is 4.40. The monoisotopic (exact) mass is 306 g/mol. The molecule has 2 aliphatic rings. The van der Waals surface area contributed by atoms with Gasteiger partial charge in [-0.05, 0) is 56.3 Å². The van der Waals surface area contributed by atoms with Crippen LogP contribution in [0.25, 0.3) is 0 Å². The molecule has 1 aliphatic carbocycles. The van der Waals surface area contributed by atoms with Gasteiger partial charge in [-0.1, -0.05) is 37.1 Å². The van der Waals surface area contributed by atoms with Crippen molar-refractivity contribution in [1.82, 2.24) is 10.2 Å². The lowest BCUT2D eigenvalue weighted by Gasteiger charge is -2.36. The number of halogens is 1. The summed E-state index contributed by atoms with van der Waals surface area (Å²) in [4.78, 5) is 2.76. The average Bonchev–Trinajstić information content (AvgIpc) is 3.34. The standard InChI is InChI=1S/C18H27ClN2/c1-2-18(14-6-8-15(19)9-7-14)21(17-10-11-17)13-16-5-3-4-12-20-16/h6-9,16-18,20H,2-5,10-13H2,1H3. The van der Waals surface area contributed by atoms with E-state index in [0.29, 0.717) is 12.1 Å². The van der Waals surface area contributed by atoms with Gasteiger partial charge >= 0.3 is 0 Å². The maximum absolute atomic E-state index is 6.05. The Balaban J connectivity index is 1.72. The maximum Gasteiger partial charge on any atom is 0.0406 e. The van der Waals surface area contributed by atoms with Crippen LogP contribution in [0.2, 0.25) is 5.02 Å². The van der Waals surface area contributed by atoms with E-state index in [9.17, 15) is 0 Å². The molecule has 21 heavy (non-hydrogen) atoms. The highest BCUT2D eigenvalue weighted by Crippen LogP contribution is 2.36. The summed E-state index contributed by atoms with van der Waals surface area (Å²) in [5.41, 5.74) is 1.42. The van der Waals surface area contributed by atoms with E-state index in [1.54, 1.807) is 0 Å². The fourth-order valence-electron chi connectivity index (χ4n) is 3.62. The number of benzene rings is 1. The zero-order chi connectivity index (χ0) is 14.7. The summed E-state index contributed by atoms with van der Waals surface area (Å²) < 4.78 is 0. The van der Waals surface area contributed by atoms with Crippen LogP contribution in [0, 0.1) is 0 Å². The van der Waals surface area contributed by atoms with Crippen molar-refractivity contribution in [2.24, 2.45) is 0 Å². The van der Waals surface area contributed by atoms with Gasteiger partial charge in [0.15, 0.2) is 0 Å². The Morgan fingerprint density at radius 1 is 1.19 bits per heavy atom. The van der Waals surface area contributed by atoms with Gasteiger partial charge in [0.05, 0.1) is 0 Å². The minimum absolute atomic E-state index is 0.540. The number of nitrogens with zero attached hydrogens (tertiary/aromatic N) is 1. The fraction of sp³-hybridized carbons (Fsp3) is 0.667. The van der Waals surface area contributed by atoms with Crippen molar-refractivity contribution >= 4 is 11.6 Å². The lowest BCUT2D eigenvalue weighted by atomic mass is 9.99. The molecule has 116 valence electrons. The van der Waals surface area contributed by atoms with Gasteiger partial charge in [0, 0.05) is 29.7 Å². The summed E-state index contributed by atoms with van der Waals surface area (Å²) in [5, 5.41) is 4.54. The molecule has 2 fully saturated rings. The van der Waals surface area contributed by atoms with Crippen LogP contribution in [0.1, 0.15) is 57.1 Å². The highest BCUT2D eigenvalue weighted by Gasteiger charge is 2.35. The van der Waals surface area contributed by atoms with Crippen molar-refractivity contribution in [2.75, 3.05) is 13.1 Å². The van der Waals surface area contributed by atoms with Crippen molar-refractivity contribution in [2.45, 2.75) is 63.6 Å². The third kappa shape index (κ3) is 4.00. The van der Waals surface area contributed by atoms with Crippen molar-refractivity contribution in [1.29, 1.82) is 0 Å². The van der Waals surface area contributed by atoms with Gasteiger partial charge in [-0.15, -0.1) is 0 Å². The van der Waals surface area contributed by atoms with Gasteiger partial charge in [0.1, 0.15) is 0 Å². The van der Waals surface area contributed by atoms with Crippen LogP contribution in [0.3, 0.4) is 0 Å². The highest BCUT2D eigenvalue weighted by atomic mass is 35.5. The summed E-state index contributed by atoms with van der Waals surface area (Å²) in [6.45, 7) is 4.70. The van der Waals surface area contributed by atoms with Crippen LogP contribution >= 0.6 is 11.6 Å². The molecule has 0 amide bonds. The molecule has 3 heteroatoms. The molecule has 1 aliphatic heterocycles. The van der Waals surface area contributed by atoms with Crippen LogP contribution in [0.15, 0.2) is 24.3 Å². The lowest BCUT2D eigenvalue weighted by Crippen LogP contribution is -2.45. The first-order valence-corrected chi connectivity index (χ1v) is 8.90. The number of piperidine rings is 1. The van der Waals surface area contributed by atoms with E-state index in [4.69, 9.17) is 11.6 Å². The van der Waals surface area contributed by atoms with Crippen molar-refractivity contribution in [3.8, 4) is 0 Å². The van der Waals surface area contributed by atoms with Gasteiger partial charge in [-0.25, -0.2) is 0 Å². The van der Waals surface area contributed by atoms with Crippen LogP contribution in [-0.2, 0) is 0 Å². The van der Waals surface area contributed by atoms with E-state index < -0.39 is 0 Å². The molecule has 0 bridgehead atoms. The first-order valence-electron chi connectivity index (χ1n) is 8.52. The zero-order valence-corrected chi connectivity index (χ0v) is 13.8. The Morgan fingerprint density at radius 3 is 2.52 bits per heavy atom. The van der Waals surface area contributed by atoms with E-state index in [1.165, 1.54) is 57.2 Å². The third-order valence-electron chi connectivity index (χ3n) is 4.90. The van der Waals surface area contributed by atoms with Crippen LogP contribution in [-0.4, -0.2) is 30.1 Å². The molecule has 1 heterocycles. The van der Waals surface area contributed by atoms with Gasteiger partial charge in [0.2, 0.25) is 0 Å². The highest BCUT2D eigenvalue weighted by molar-refractivity contribution is 6.30. The Bertz CT molecular complexity index is 435. The zero-order valence-electron chi connectivity index (χ0n) is 13.0. The summed E-state index contributed by atoms with van der Waals surface area (Å²) in [7, 11) is 0. The fourth-order valence-corrected chi connectivity index (χ4v) is 3.74. The van der Waals surface area contributed by atoms with Gasteiger partial charge in [-0.2, -0.15) is 0 Å². The van der Waals surface area contributed by atoms with Crippen LogP contribution in [0.5, 0.6) is 0 Å². The van der Waals surface area contributed by atoms with Gasteiger partial charge in [0.25, 0.3) is 0 Å². The molecule has 1 aromatic rings. The smallest absolute Gasteiger partial charge is 0.0406 e. The topological polar surface area (TPSA) is 15.3 Å². The number of rotatable bonds is 6. The molecule has 1 N–H and O–H groups in total. The largest absolute Gasteiger partial charge is 0.313 e. The van der Waals surface area contributed by atoms with E-state index in [1.807, 2.05) is 12.1 Å². The molecule has 1 aromatic carbocycles. The molecule has 2 unspecified atom stereocenters. The molecule has 0 aromatic heterocycles. The first kappa shape index (κ1) is 15.3. The van der Waals surface area contributed by atoms with E-state index in [2.05, 4.69) is 29.3 Å².